The quantitative estimate of drug-likeness (QED) is 0.105. The fraction of sp³-hybridized carbons (Fsp3) is 0.424. The Bertz CT molecular complexity index is 1470. The zero-order chi connectivity index (χ0) is 31.1. The van der Waals surface area contributed by atoms with Gasteiger partial charge in [0.25, 0.3) is 0 Å². The highest BCUT2D eigenvalue weighted by Gasteiger charge is 2.37. The van der Waals surface area contributed by atoms with Crippen molar-refractivity contribution in [3.63, 3.8) is 0 Å². The summed E-state index contributed by atoms with van der Waals surface area (Å²) in [4.78, 5) is 0. The smallest absolute Gasteiger partial charge is 0.208 e. The van der Waals surface area contributed by atoms with E-state index in [1.807, 2.05) is 24.4 Å². The molecule has 2 N–H and O–H groups in total. The first-order chi connectivity index (χ1) is 21.4. The lowest BCUT2D eigenvalue weighted by Gasteiger charge is -2.29. The maximum absolute atomic E-state index is 12.9. The van der Waals surface area contributed by atoms with Crippen LogP contribution in [-0.2, 0) is 11.3 Å². The first kappa shape index (κ1) is 30.9. The summed E-state index contributed by atoms with van der Waals surface area (Å²) >= 11 is 0. The van der Waals surface area contributed by atoms with E-state index in [1.54, 1.807) is 58.9 Å². The monoisotopic (exact) mass is 607 g/mol. The number of methoxy groups -OCH3 is 4. The molecule has 11 nitrogen and oxygen atoms in total. The predicted octanol–water partition coefficient (Wildman–Crippen LogP) is 5.77. The molecule has 2 aliphatic rings. The van der Waals surface area contributed by atoms with Crippen LogP contribution in [0.1, 0.15) is 37.8 Å². The number of hydrogen-bond acceptors (Lipinski definition) is 9. The summed E-state index contributed by atoms with van der Waals surface area (Å²) in [6, 6.07) is 10.7. The van der Waals surface area contributed by atoms with Crippen molar-refractivity contribution in [3.8, 4) is 40.2 Å². The summed E-state index contributed by atoms with van der Waals surface area (Å²) in [6.45, 7) is 1.87. The molecular weight excluding hydrogens is 566 g/mol. The normalized spacial score (nSPS) is 17.4. The van der Waals surface area contributed by atoms with Crippen molar-refractivity contribution >= 4 is 11.9 Å². The van der Waals surface area contributed by atoms with Crippen molar-refractivity contribution in [2.75, 3.05) is 47.4 Å². The standard InChI is InChI=1S/C33H41N3O8/c1-38-29-13-14-35-20-24-26(36(37)21-27(29)35)9-8-10-28(24)43-16-7-5-6-15-42-22-11-12-25(34)30(17-22)44-23-18-31(39-2)33(41-4)32(19-23)40-3/h9,11-14,17-19,21,24,28H,5-8,10,15-16,20,34H2,1-4H3/t24-,28?/m0/s1. The molecule has 0 fully saturated rings. The third-order valence-electron chi connectivity index (χ3n) is 7.95. The van der Waals surface area contributed by atoms with E-state index in [1.165, 1.54) is 0 Å². The molecule has 0 radical (unpaired) electrons. The Kier molecular flexibility index (Phi) is 10.1. The predicted molar refractivity (Wildman–Crippen MR) is 167 cm³/mol. The molecule has 44 heavy (non-hydrogen) atoms. The van der Waals surface area contributed by atoms with Crippen LogP contribution in [0, 0.1) is 11.1 Å². The molecule has 0 saturated heterocycles. The Morgan fingerprint density at radius 3 is 2.32 bits per heavy atom. The highest BCUT2D eigenvalue weighted by molar-refractivity contribution is 5.78. The molecule has 11 heteroatoms. The van der Waals surface area contributed by atoms with Gasteiger partial charge in [0.2, 0.25) is 12.0 Å². The number of unbranched alkanes of at least 4 members (excludes halogenated alkanes) is 2. The SMILES string of the molecule is COc1cc(Oc2cc(OCCCCCOC3CCC=C4[C@@H]3Cn3ccc(OC)c3C=[N+]4[O-])ccc2N)cc(OC)c1OC. The lowest BCUT2D eigenvalue weighted by molar-refractivity contribution is -0.409. The third-order valence-corrected chi connectivity index (χ3v) is 7.95. The second kappa shape index (κ2) is 14.3. The van der Waals surface area contributed by atoms with Crippen LogP contribution < -0.4 is 34.2 Å². The molecule has 236 valence electrons. The third kappa shape index (κ3) is 6.83. The van der Waals surface area contributed by atoms with E-state index in [2.05, 4.69) is 4.57 Å². The minimum Gasteiger partial charge on any atom is -0.618 e. The molecule has 0 amide bonds. The van der Waals surface area contributed by atoms with Gasteiger partial charge in [0, 0.05) is 37.5 Å². The number of benzene rings is 2. The minimum atomic E-state index is -0.00530. The number of hydroxylamine groups is 1. The number of ether oxygens (including phenoxy) is 7. The second-order valence-electron chi connectivity index (χ2n) is 10.7. The zero-order valence-corrected chi connectivity index (χ0v) is 25.7. The highest BCUT2D eigenvalue weighted by atomic mass is 16.5. The first-order valence-electron chi connectivity index (χ1n) is 14.8. The lowest BCUT2D eigenvalue weighted by Crippen LogP contribution is -2.33. The fourth-order valence-electron chi connectivity index (χ4n) is 5.68. The summed E-state index contributed by atoms with van der Waals surface area (Å²) in [5.41, 5.74) is 8.22. The maximum Gasteiger partial charge on any atom is 0.208 e. The number of fused-ring (bicyclic) bond motifs is 2. The molecule has 0 spiro atoms. The molecule has 1 aliphatic carbocycles. The Morgan fingerprint density at radius 1 is 0.864 bits per heavy atom. The van der Waals surface area contributed by atoms with Crippen molar-refractivity contribution in [1.82, 2.24) is 4.57 Å². The summed E-state index contributed by atoms with van der Waals surface area (Å²) < 4.78 is 43.1. The average molecular weight is 608 g/mol. The van der Waals surface area contributed by atoms with Crippen molar-refractivity contribution in [3.05, 3.63) is 65.3 Å². The van der Waals surface area contributed by atoms with Crippen LogP contribution in [0.2, 0.25) is 0 Å². The van der Waals surface area contributed by atoms with Gasteiger partial charge in [0.05, 0.1) is 52.8 Å². The fourth-order valence-corrected chi connectivity index (χ4v) is 5.68. The van der Waals surface area contributed by atoms with Gasteiger partial charge in [-0.2, -0.15) is 4.74 Å². The van der Waals surface area contributed by atoms with Gasteiger partial charge >= 0.3 is 0 Å². The Morgan fingerprint density at radius 2 is 1.59 bits per heavy atom. The van der Waals surface area contributed by atoms with Gasteiger partial charge in [-0.15, -0.1) is 0 Å². The lowest BCUT2D eigenvalue weighted by atomic mass is 9.89. The topological polar surface area (TPSA) is 122 Å². The van der Waals surface area contributed by atoms with Crippen LogP contribution in [0.4, 0.5) is 5.69 Å². The highest BCUT2D eigenvalue weighted by Crippen LogP contribution is 2.43. The van der Waals surface area contributed by atoms with E-state index in [-0.39, 0.29) is 12.0 Å². The number of nitrogen functional groups attached to an aromatic ring is 1. The molecule has 2 atom stereocenters. The average Bonchev–Trinajstić information content (AvgIpc) is 3.35. The van der Waals surface area contributed by atoms with Gasteiger partial charge in [-0.3, -0.25) is 0 Å². The van der Waals surface area contributed by atoms with Crippen LogP contribution in [-0.4, -0.2) is 63.3 Å². The summed E-state index contributed by atoms with van der Waals surface area (Å²) in [7, 11) is 6.27. The Balaban J connectivity index is 1.09. The van der Waals surface area contributed by atoms with Crippen LogP contribution >= 0.6 is 0 Å². The molecule has 0 bridgehead atoms. The van der Waals surface area contributed by atoms with Gasteiger partial charge in [-0.1, -0.05) is 0 Å². The van der Waals surface area contributed by atoms with Crippen molar-refractivity contribution in [1.29, 1.82) is 0 Å². The Hall–Kier alpha value is -4.51. The van der Waals surface area contributed by atoms with Crippen LogP contribution in [0.25, 0.3) is 0 Å². The molecule has 2 heterocycles. The van der Waals surface area contributed by atoms with Gasteiger partial charge in [-0.05, 0) is 56.4 Å². The number of aromatic nitrogens is 1. The second-order valence-corrected chi connectivity index (χ2v) is 10.7. The van der Waals surface area contributed by atoms with E-state index in [0.29, 0.717) is 65.7 Å². The molecule has 1 aromatic heterocycles. The van der Waals surface area contributed by atoms with Crippen molar-refractivity contribution in [2.45, 2.75) is 44.8 Å². The van der Waals surface area contributed by atoms with Gasteiger partial charge in [0.1, 0.15) is 22.9 Å². The molecule has 2 aromatic carbocycles. The number of hydrogen-bond donors (Lipinski definition) is 1. The molecule has 1 aliphatic heterocycles. The number of nitrogens with zero attached hydrogens (tertiary/aromatic N) is 2. The largest absolute Gasteiger partial charge is 0.618 e. The summed E-state index contributed by atoms with van der Waals surface area (Å²) in [5.74, 6) is 3.75. The van der Waals surface area contributed by atoms with Crippen LogP contribution in [0.5, 0.6) is 40.2 Å². The van der Waals surface area contributed by atoms with E-state index in [9.17, 15) is 5.21 Å². The van der Waals surface area contributed by atoms with Crippen molar-refractivity contribution in [2.24, 2.45) is 5.92 Å². The van der Waals surface area contributed by atoms with E-state index in [4.69, 9.17) is 38.9 Å². The molecular formula is C33H41N3O8. The summed E-state index contributed by atoms with van der Waals surface area (Å²) in [6.07, 6.45) is 10.1. The number of nitrogens with two attached hydrogens (primary N) is 1. The Labute approximate surface area is 257 Å². The molecule has 5 rings (SSSR count). The maximum atomic E-state index is 12.9. The zero-order valence-electron chi connectivity index (χ0n) is 25.7. The molecule has 1 unspecified atom stereocenters. The molecule has 3 aromatic rings. The van der Waals surface area contributed by atoms with Gasteiger partial charge in [-0.25, -0.2) is 0 Å². The van der Waals surface area contributed by atoms with Crippen LogP contribution in [0.3, 0.4) is 0 Å². The van der Waals surface area contributed by atoms with E-state index in [0.717, 1.165) is 48.2 Å². The summed E-state index contributed by atoms with van der Waals surface area (Å²) in [5, 5.41) is 12.9. The number of rotatable bonds is 14. The minimum absolute atomic E-state index is 0.00112. The van der Waals surface area contributed by atoms with E-state index >= 15 is 0 Å². The first-order valence-corrected chi connectivity index (χ1v) is 14.8. The van der Waals surface area contributed by atoms with E-state index < -0.39 is 0 Å². The number of anilines is 1. The van der Waals surface area contributed by atoms with Gasteiger partial charge < -0.3 is 48.7 Å². The molecule has 0 saturated carbocycles. The van der Waals surface area contributed by atoms with Crippen molar-refractivity contribution < 1.29 is 37.9 Å². The van der Waals surface area contributed by atoms with Crippen LogP contribution in [0.15, 0.2) is 54.4 Å². The van der Waals surface area contributed by atoms with Gasteiger partial charge in [0.15, 0.2) is 22.9 Å². The number of allylic oxidation sites excluding steroid dienone is 1.